The standard InChI is InChI=1S/C7H8INO2S/c8-2-5-3-9-6(10)1-7(9)12(11)4-5/h3,7H,1-2,4H2/t7-,12?/m1/s1. The lowest BCUT2D eigenvalue weighted by Gasteiger charge is -2.41. The van der Waals surface area contributed by atoms with Crippen molar-refractivity contribution in [3.05, 3.63) is 11.8 Å². The van der Waals surface area contributed by atoms with Gasteiger partial charge in [-0.15, -0.1) is 0 Å². The molecule has 0 saturated carbocycles. The number of nitrogens with zero attached hydrogens (tertiary/aromatic N) is 1. The van der Waals surface area contributed by atoms with Gasteiger partial charge in [-0.3, -0.25) is 9.69 Å². The average Bonchev–Trinajstić information content (AvgIpc) is 2.06. The van der Waals surface area contributed by atoms with Gasteiger partial charge >= 0.3 is 0 Å². The Balaban J connectivity index is 2.18. The molecule has 0 aromatic carbocycles. The van der Waals surface area contributed by atoms with Crippen LogP contribution in [-0.4, -0.2) is 30.9 Å². The minimum Gasteiger partial charge on any atom is -0.614 e. The van der Waals surface area contributed by atoms with Crippen LogP contribution in [0.15, 0.2) is 11.8 Å². The topological polar surface area (TPSA) is 43.4 Å². The maximum atomic E-state index is 11.4. The zero-order chi connectivity index (χ0) is 8.72. The molecule has 5 heteroatoms. The van der Waals surface area contributed by atoms with Gasteiger partial charge < -0.3 is 4.55 Å². The predicted molar refractivity (Wildman–Crippen MR) is 55.2 cm³/mol. The lowest BCUT2D eigenvalue weighted by atomic mass is 10.2. The van der Waals surface area contributed by atoms with E-state index in [4.69, 9.17) is 0 Å². The van der Waals surface area contributed by atoms with Crippen molar-refractivity contribution >= 4 is 39.7 Å². The van der Waals surface area contributed by atoms with Crippen LogP contribution in [0.25, 0.3) is 0 Å². The van der Waals surface area contributed by atoms with E-state index in [0.717, 1.165) is 10.0 Å². The average molecular weight is 297 g/mol. The Kier molecular flexibility index (Phi) is 2.35. The van der Waals surface area contributed by atoms with Crippen LogP contribution in [0, 0.1) is 0 Å². The number of hydrogen-bond acceptors (Lipinski definition) is 2. The van der Waals surface area contributed by atoms with Crippen molar-refractivity contribution < 1.29 is 9.35 Å². The largest absolute Gasteiger partial charge is 0.614 e. The first-order valence-corrected chi connectivity index (χ1v) is 6.57. The van der Waals surface area contributed by atoms with Crippen LogP contribution in [0.3, 0.4) is 0 Å². The van der Waals surface area contributed by atoms with Gasteiger partial charge in [-0.25, -0.2) is 0 Å². The zero-order valence-corrected chi connectivity index (χ0v) is 9.30. The van der Waals surface area contributed by atoms with E-state index < -0.39 is 11.2 Å². The predicted octanol–water partition coefficient (Wildman–Crippen LogP) is 0.626. The summed E-state index contributed by atoms with van der Waals surface area (Å²) in [6.45, 7) is 0. The van der Waals surface area contributed by atoms with Gasteiger partial charge in [0.25, 0.3) is 0 Å². The summed E-state index contributed by atoms with van der Waals surface area (Å²) in [6.07, 6.45) is 2.34. The van der Waals surface area contributed by atoms with Crippen LogP contribution in [0.4, 0.5) is 0 Å². The summed E-state index contributed by atoms with van der Waals surface area (Å²) in [5, 5.41) is -0.0100. The number of alkyl halides is 1. The number of β-lactam (4-membered cyclic amide) rings is 1. The van der Waals surface area contributed by atoms with Gasteiger partial charge in [0.1, 0.15) is 5.75 Å². The van der Waals surface area contributed by atoms with Crippen LogP contribution in [0.2, 0.25) is 0 Å². The van der Waals surface area contributed by atoms with Gasteiger partial charge in [-0.05, 0) is 11.2 Å². The van der Waals surface area contributed by atoms with Crippen LogP contribution < -0.4 is 0 Å². The fourth-order valence-electron chi connectivity index (χ4n) is 1.36. The van der Waals surface area contributed by atoms with E-state index in [2.05, 4.69) is 22.6 Å². The third-order valence-electron chi connectivity index (χ3n) is 2.07. The molecular formula is C7H8INO2S. The summed E-state index contributed by atoms with van der Waals surface area (Å²) in [5.41, 5.74) is 1.11. The van der Waals surface area contributed by atoms with E-state index in [0.29, 0.717) is 12.2 Å². The molecule has 0 aliphatic carbocycles. The van der Waals surface area contributed by atoms with Gasteiger partial charge in [0.15, 0.2) is 0 Å². The van der Waals surface area contributed by atoms with Gasteiger partial charge in [-0.1, -0.05) is 22.6 Å². The SMILES string of the molecule is O=C1C[C@@H]2N1C=C(CI)C[S+]2[O-]. The molecule has 0 aromatic rings. The van der Waals surface area contributed by atoms with E-state index in [-0.39, 0.29) is 11.3 Å². The Morgan fingerprint density at radius 1 is 1.83 bits per heavy atom. The molecule has 2 atom stereocenters. The third kappa shape index (κ3) is 1.27. The second kappa shape index (κ2) is 3.19. The van der Waals surface area contributed by atoms with Crippen LogP contribution in [0.1, 0.15) is 6.42 Å². The number of fused-ring (bicyclic) bond motifs is 1. The molecule has 2 rings (SSSR count). The van der Waals surface area contributed by atoms with E-state index in [1.165, 1.54) is 0 Å². The van der Waals surface area contributed by atoms with E-state index >= 15 is 0 Å². The Morgan fingerprint density at radius 2 is 2.58 bits per heavy atom. The van der Waals surface area contributed by atoms with Crippen molar-refractivity contribution in [1.29, 1.82) is 0 Å². The van der Waals surface area contributed by atoms with Gasteiger partial charge in [0, 0.05) is 16.2 Å². The van der Waals surface area contributed by atoms with Crippen molar-refractivity contribution in [2.24, 2.45) is 0 Å². The zero-order valence-electron chi connectivity index (χ0n) is 6.33. The van der Waals surface area contributed by atoms with Gasteiger partial charge in [0.05, 0.1) is 6.42 Å². The first kappa shape index (κ1) is 8.83. The van der Waals surface area contributed by atoms with Gasteiger partial charge in [-0.2, -0.15) is 0 Å². The fourth-order valence-corrected chi connectivity index (χ4v) is 3.69. The normalized spacial score (nSPS) is 34.0. The maximum absolute atomic E-state index is 11.4. The quantitative estimate of drug-likeness (QED) is 0.308. The number of hydrogen-bond donors (Lipinski definition) is 0. The second-order valence-electron chi connectivity index (χ2n) is 2.91. The first-order valence-electron chi connectivity index (χ1n) is 3.66. The molecule has 1 unspecified atom stereocenters. The maximum Gasteiger partial charge on any atom is 0.237 e. The molecular weight excluding hydrogens is 289 g/mol. The van der Waals surface area contributed by atoms with E-state index in [1.54, 1.807) is 4.90 Å². The molecule has 2 aliphatic heterocycles. The highest BCUT2D eigenvalue weighted by atomic mass is 127. The molecule has 1 fully saturated rings. The number of amides is 1. The monoisotopic (exact) mass is 297 g/mol. The highest BCUT2D eigenvalue weighted by Crippen LogP contribution is 2.31. The minimum absolute atomic E-state index is 0.0100. The van der Waals surface area contributed by atoms with Crippen LogP contribution >= 0.6 is 22.6 Å². The molecule has 0 radical (unpaired) electrons. The molecule has 3 nitrogen and oxygen atoms in total. The van der Waals surface area contributed by atoms with Crippen molar-refractivity contribution in [1.82, 2.24) is 4.90 Å². The summed E-state index contributed by atoms with van der Waals surface area (Å²) in [5.74, 6) is 0.757. The lowest BCUT2D eigenvalue weighted by molar-refractivity contribution is -0.138. The van der Waals surface area contributed by atoms with E-state index in [9.17, 15) is 9.35 Å². The second-order valence-corrected chi connectivity index (χ2v) is 5.26. The Morgan fingerprint density at radius 3 is 3.17 bits per heavy atom. The lowest BCUT2D eigenvalue weighted by Crippen LogP contribution is -2.56. The smallest absolute Gasteiger partial charge is 0.237 e. The van der Waals surface area contributed by atoms with E-state index in [1.807, 2.05) is 6.20 Å². The molecule has 66 valence electrons. The summed E-state index contributed by atoms with van der Waals surface area (Å²) >= 11 is 1.38. The number of carbonyl (C=O) groups excluding carboxylic acids is 1. The number of carbonyl (C=O) groups is 1. The van der Waals surface area contributed by atoms with Gasteiger partial charge in [0.2, 0.25) is 11.3 Å². The third-order valence-corrected chi connectivity index (χ3v) is 4.71. The summed E-state index contributed by atoms with van der Waals surface area (Å²) in [6, 6.07) is 0. The molecule has 0 N–H and O–H groups in total. The van der Waals surface area contributed by atoms with Crippen molar-refractivity contribution in [2.45, 2.75) is 11.8 Å². The van der Waals surface area contributed by atoms with Crippen LogP contribution in [-0.2, 0) is 16.0 Å². The molecule has 1 amide bonds. The molecule has 2 aliphatic rings. The highest BCUT2D eigenvalue weighted by molar-refractivity contribution is 14.1. The molecule has 0 aromatic heterocycles. The number of halogens is 1. The molecule has 1 saturated heterocycles. The van der Waals surface area contributed by atoms with Crippen LogP contribution in [0.5, 0.6) is 0 Å². The molecule has 2 heterocycles. The highest BCUT2D eigenvalue weighted by Gasteiger charge is 2.46. The Hall–Kier alpha value is 0.250. The number of rotatable bonds is 1. The summed E-state index contributed by atoms with van der Waals surface area (Å²) < 4.78 is 12.3. The Bertz CT molecular complexity index is 256. The van der Waals surface area contributed by atoms with Crippen molar-refractivity contribution in [3.8, 4) is 0 Å². The first-order chi connectivity index (χ1) is 5.72. The van der Waals surface area contributed by atoms with Crippen molar-refractivity contribution in [2.75, 3.05) is 10.2 Å². The van der Waals surface area contributed by atoms with Crippen molar-refractivity contribution in [3.63, 3.8) is 0 Å². The summed E-state index contributed by atoms with van der Waals surface area (Å²) in [4.78, 5) is 12.6. The molecule has 0 spiro atoms. The molecule has 12 heavy (non-hydrogen) atoms. The molecule has 0 bridgehead atoms. The fraction of sp³-hybridized carbons (Fsp3) is 0.571. The summed E-state index contributed by atoms with van der Waals surface area (Å²) in [7, 11) is 0. The minimum atomic E-state index is -0.847. The Labute approximate surface area is 87.5 Å².